The lowest BCUT2D eigenvalue weighted by Gasteiger charge is -2.07. The second-order valence-corrected chi connectivity index (χ2v) is 3.90. The molecule has 1 aromatic rings. The molecule has 1 amide bonds. The summed E-state index contributed by atoms with van der Waals surface area (Å²) in [6, 6.07) is 1.68. The number of aliphatic hydroxyl groups is 1. The highest BCUT2D eigenvalue weighted by Crippen LogP contribution is 2.03. The number of aliphatic carboxylic acids is 1. The van der Waals surface area contributed by atoms with Crippen LogP contribution in [0.5, 0.6) is 0 Å². The first-order chi connectivity index (χ1) is 8.45. The second-order valence-electron chi connectivity index (χ2n) is 3.90. The molecule has 7 nitrogen and oxygen atoms in total. The highest BCUT2D eigenvalue weighted by atomic mass is 16.4. The van der Waals surface area contributed by atoms with Crippen molar-refractivity contribution in [1.82, 2.24) is 15.1 Å². The Labute approximate surface area is 104 Å². The molecule has 0 aliphatic heterocycles. The monoisotopic (exact) mass is 255 g/mol. The number of hydrogen-bond donors (Lipinski definition) is 3. The first kappa shape index (κ1) is 14.2. The Kier molecular flexibility index (Phi) is 4.85. The summed E-state index contributed by atoms with van der Waals surface area (Å²) < 4.78 is 1.47. The lowest BCUT2D eigenvalue weighted by atomic mass is 10.2. The first-order valence-corrected chi connectivity index (χ1v) is 5.67. The fraction of sp³-hybridized carbons (Fsp3) is 0.545. The van der Waals surface area contributed by atoms with Crippen LogP contribution in [0.2, 0.25) is 0 Å². The van der Waals surface area contributed by atoms with Crippen LogP contribution in [0.1, 0.15) is 29.5 Å². The van der Waals surface area contributed by atoms with Crippen LogP contribution >= 0.6 is 0 Å². The van der Waals surface area contributed by atoms with E-state index >= 15 is 0 Å². The van der Waals surface area contributed by atoms with Gasteiger partial charge in [0.25, 0.3) is 5.91 Å². The molecule has 18 heavy (non-hydrogen) atoms. The Balaban J connectivity index is 2.50. The van der Waals surface area contributed by atoms with Gasteiger partial charge in [-0.1, -0.05) is 6.92 Å². The van der Waals surface area contributed by atoms with Gasteiger partial charge in [0.05, 0.1) is 5.69 Å². The largest absolute Gasteiger partial charge is 0.479 e. The lowest BCUT2D eigenvalue weighted by molar-refractivity contribution is -0.146. The van der Waals surface area contributed by atoms with E-state index in [1.165, 1.54) is 4.68 Å². The zero-order valence-electron chi connectivity index (χ0n) is 10.4. The van der Waals surface area contributed by atoms with Crippen LogP contribution in [-0.2, 0) is 18.3 Å². The van der Waals surface area contributed by atoms with E-state index in [2.05, 4.69) is 10.4 Å². The third-order valence-electron chi connectivity index (χ3n) is 2.51. The molecule has 3 N–H and O–H groups in total. The van der Waals surface area contributed by atoms with Gasteiger partial charge in [0.2, 0.25) is 0 Å². The molecular weight excluding hydrogens is 238 g/mol. The van der Waals surface area contributed by atoms with E-state index in [1.807, 2.05) is 6.92 Å². The highest BCUT2D eigenvalue weighted by molar-refractivity contribution is 5.92. The summed E-state index contributed by atoms with van der Waals surface area (Å²) >= 11 is 0. The molecule has 0 radical (unpaired) electrons. The van der Waals surface area contributed by atoms with Crippen molar-refractivity contribution in [2.45, 2.75) is 25.9 Å². The smallest absolute Gasteiger partial charge is 0.332 e. The van der Waals surface area contributed by atoms with Crippen LogP contribution in [0, 0.1) is 0 Å². The van der Waals surface area contributed by atoms with Crippen LogP contribution in [-0.4, -0.2) is 44.5 Å². The average molecular weight is 255 g/mol. The molecule has 0 saturated carbocycles. The summed E-state index contributed by atoms with van der Waals surface area (Å²) in [5, 5.41) is 24.2. The van der Waals surface area contributed by atoms with E-state index in [0.29, 0.717) is 5.69 Å². The number of nitrogens with zero attached hydrogens (tertiary/aromatic N) is 2. The van der Waals surface area contributed by atoms with Crippen molar-refractivity contribution < 1.29 is 19.8 Å². The van der Waals surface area contributed by atoms with Gasteiger partial charge >= 0.3 is 5.97 Å². The Hall–Kier alpha value is -1.89. The third-order valence-corrected chi connectivity index (χ3v) is 2.51. The van der Waals surface area contributed by atoms with Crippen LogP contribution in [0.4, 0.5) is 0 Å². The Morgan fingerprint density at radius 1 is 1.56 bits per heavy atom. The number of aryl methyl sites for hydroxylation is 2. The zero-order valence-corrected chi connectivity index (χ0v) is 10.4. The minimum atomic E-state index is -1.46. The number of amides is 1. The lowest BCUT2D eigenvalue weighted by Crippen LogP contribution is -2.31. The van der Waals surface area contributed by atoms with Crippen molar-refractivity contribution in [1.29, 1.82) is 0 Å². The number of rotatable bonds is 6. The van der Waals surface area contributed by atoms with Gasteiger partial charge in [-0.2, -0.15) is 5.10 Å². The number of carbonyl (C=O) groups is 2. The van der Waals surface area contributed by atoms with E-state index in [1.54, 1.807) is 13.1 Å². The van der Waals surface area contributed by atoms with Crippen molar-refractivity contribution in [2.75, 3.05) is 6.54 Å². The Morgan fingerprint density at radius 3 is 2.72 bits per heavy atom. The highest BCUT2D eigenvalue weighted by Gasteiger charge is 2.15. The molecule has 100 valence electrons. The zero-order chi connectivity index (χ0) is 13.7. The average Bonchev–Trinajstić information content (AvgIpc) is 2.70. The summed E-state index contributed by atoms with van der Waals surface area (Å²) in [6.07, 6.45) is -0.749. The van der Waals surface area contributed by atoms with E-state index < -0.39 is 12.1 Å². The predicted molar refractivity (Wildman–Crippen MR) is 63.2 cm³/mol. The van der Waals surface area contributed by atoms with Crippen molar-refractivity contribution in [3.05, 3.63) is 17.5 Å². The minimum absolute atomic E-state index is 0.0282. The van der Waals surface area contributed by atoms with E-state index in [-0.39, 0.29) is 18.9 Å². The molecule has 1 rings (SSSR count). The van der Waals surface area contributed by atoms with Crippen LogP contribution in [0.15, 0.2) is 6.07 Å². The summed E-state index contributed by atoms with van der Waals surface area (Å²) in [4.78, 5) is 22.1. The summed E-state index contributed by atoms with van der Waals surface area (Å²) in [5.74, 6) is -1.62. The molecule has 0 aliphatic rings. The first-order valence-electron chi connectivity index (χ1n) is 5.67. The minimum Gasteiger partial charge on any atom is -0.479 e. The van der Waals surface area contributed by atoms with Crippen LogP contribution in [0.25, 0.3) is 0 Å². The second kappa shape index (κ2) is 6.15. The van der Waals surface area contributed by atoms with Gasteiger partial charge < -0.3 is 15.5 Å². The predicted octanol–water partition coefficient (Wildman–Crippen LogP) is -0.452. The number of carbonyl (C=O) groups excluding carboxylic acids is 1. The van der Waals surface area contributed by atoms with Crippen LogP contribution < -0.4 is 5.32 Å². The molecule has 0 aromatic carbocycles. The molecule has 0 spiro atoms. The Morgan fingerprint density at radius 2 is 2.22 bits per heavy atom. The molecule has 0 aliphatic carbocycles. The van der Waals surface area contributed by atoms with Gasteiger partial charge in [-0.25, -0.2) is 4.79 Å². The van der Waals surface area contributed by atoms with E-state index in [9.17, 15) is 9.59 Å². The van der Waals surface area contributed by atoms with Gasteiger partial charge in [-0.3, -0.25) is 9.48 Å². The van der Waals surface area contributed by atoms with Gasteiger partial charge in [-0.05, 0) is 12.5 Å². The quantitative estimate of drug-likeness (QED) is 0.638. The maximum absolute atomic E-state index is 11.7. The number of hydrogen-bond acceptors (Lipinski definition) is 4. The molecule has 0 fully saturated rings. The topological polar surface area (TPSA) is 104 Å². The molecule has 0 bridgehead atoms. The summed E-state index contributed by atoms with van der Waals surface area (Å²) in [7, 11) is 1.67. The molecule has 0 saturated heterocycles. The molecular formula is C11H17N3O4. The number of nitrogens with one attached hydrogen (secondary N) is 1. The number of carboxylic acids is 1. The fourth-order valence-corrected chi connectivity index (χ4v) is 1.45. The maximum Gasteiger partial charge on any atom is 0.332 e. The van der Waals surface area contributed by atoms with Gasteiger partial charge in [0.1, 0.15) is 5.69 Å². The van der Waals surface area contributed by atoms with Crippen molar-refractivity contribution >= 4 is 11.9 Å². The molecule has 1 aromatic heterocycles. The maximum atomic E-state index is 11.7. The molecule has 1 atom stereocenters. The molecule has 0 unspecified atom stereocenters. The van der Waals surface area contributed by atoms with Gasteiger partial charge in [0, 0.05) is 20.0 Å². The van der Waals surface area contributed by atoms with Gasteiger partial charge in [0.15, 0.2) is 6.10 Å². The van der Waals surface area contributed by atoms with E-state index in [0.717, 1.165) is 12.1 Å². The normalized spacial score (nSPS) is 12.2. The van der Waals surface area contributed by atoms with Crippen LogP contribution in [0.3, 0.4) is 0 Å². The number of carboxylic acid groups (broad SMARTS) is 1. The third kappa shape index (κ3) is 3.56. The number of aromatic nitrogens is 2. The standard InChI is InChI=1S/C11H17N3O4/c1-3-7-6-8(14(2)13-7)10(16)12-5-4-9(15)11(17)18/h6,9,15H,3-5H2,1-2H3,(H,12,16)(H,17,18)/t9-/m0/s1. The Bertz CT molecular complexity index is 441. The van der Waals surface area contributed by atoms with Crippen molar-refractivity contribution in [2.24, 2.45) is 7.05 Å². The summed E-state index contributed by atoms with van der Waals surface area (Å²) in [5.41, 5.74) is 1.23. The fourth-order valence-electron chi connectivity index (χ4n) is 1.45. The number of aliphatic hydroxyl groups excluding tert-OH is 1. The van der Waals surface area contributed by atoms with Crippen molar-refractivity contribution in [3.63, 3.8) is 0 Å². The van der Waals surface area contributed by atoms with Crippen molar-refractivity contribution in [3.8, 4) is 0 Å². The summed E-state index contributed by atoms with van der Waals surface area (Å²) in [6.45, 7) is 2.03. The van der Waals surface area contributed by atoms with E-state index in [4.69, 9.17) is 10.2 Å². The molecule has 1 heterocycles. The molecule has 7 heteroatoms. The SMILES string of the molecule is CCc1cc(C(=O)NCC[C@H](O)C(=O)O)n(C)n1. The van der Waals surface area contributed by atoms with Gasteiger partial charge in [-0.15, -0.1) is 0 Å².